The van der Waals surface area contributed by atoms with Crippen LogP contribution in [0.4, 0.5) is 0 Å². The van der Waals surface area contributed by atoms with Gasteiger partial charge in [-0.2, -0.15) is 5.10 Å². The highest BCUT2D eigenvalue weighted by Gasteiger charge is 2.31. The molecule has 2 aromatic carbocycles. The van der Waals surface area contributed by atoms with Crippen molar-refractivity contribution in [2.75, 3.05) is 0 Å². The summed E-state index contributed by atoms with van der Waals surface area (Å²) in [5.41, 5.74) is 1.58. The molecule has 1 unspecified atom stereocenters. The van der Waals surface area contributed by atoms with E-state index in [1.165, 1.54) is 11.8 Å². The number of amidine groups is 1. The molecular formula is C17H12Cl3N3OS. The van der Waals surface area contributed by atoms with Gasteiger partial charge >= 0.3 is 0 Å². The standard InChI is InChI=1S/C17H12Cl3N3OS/c18-12-5-6-14(20)11(7-12)8-15-16(24)22-17(25-15)23-21-9-10-3-1-2-4-13(10)19/h1-7,9,15H,8H2,(H,22,23,24). The molecule has 1 amide bonds. The number of halogens is 3. The lowest BCUT2D eigenvalue weighted by Gasteiger charge is -2.07. The van der Waals surface area contributed by atoms with Gasteiger partial charge in [-0.1, -0.05) is 64.8 Å². The van der Waals surface area contributed by atoms with Crippen molar-refractivity contribution in [2.24, 2.45) is 10.2 Å². The van der Waals surface area contributed by atoms with Crippen molar-refractivity contribution in [3.8, 4) is 0 Å². The van der Waals surface area contributed by atoms with Crippen LogP contribution in [0.1, 0.15) is 11.1 Å². The van der Waals surface area contributed by atoms with E-state index in [1.54, 1.807) is 30.5 Å². The van der Waals surface area contributed by atoms with Crippen LogP contribution >= 0.6 is 46.6 Å². The molecule has 1 aliphatic heterocycles. The highest BCUT2D eigenvalue weighted by atomic mass is 35.5. The molecule has 1 aliphatic rings. The van der Waals surface area contributed by atoms with E-state index >= 15 is 0 Å². The Morgan fingerprint density at radius 3 is 2.72 bits per heavy atom. The molecule has 3 rings (SSSR count). The quantitative estimate of drug-likeness (QED) is 0.578. The number of amides is 1. The van der Waals surface area contributed by atoms with Crippen molar-refractivity contribution < 1.29 is 4.79 Å². The van der Waals surface area contributed by atoms with Crippen LogP contribution < -0.4 is 5.32 Å². The van der Waals surface area contributed by atoms with Crippen LogP contribution in [-0.2, 0) is 11.2 Å². The van der Waals surface area contributed by atoms with E-state index in [1.807, 2.05) is 18.2 Å². The number of thioether (sulfide) groups is 1. The monoisotopic (exact) mass is 411 g/mol. The lowest BCUT2D eigenvalue weighted by molar-refractivity contribution is -0.118. The highest BCUT2D eigenvalue weighted by molar-refractivity contribution is 8.15. The minimum absolute atomic E-state index is 0.132. The molecule has 0 bridgehead atoms. The van der Waals surface area contributed by atoms with E-state index in [0.717, 1.165) is 11.1 Å². The van der Waals surface area contributed by atoms with E-state index in [4.69, 9.17) is 34.8 Å². The number of carbonyl (C=O) groups excluding carboxylic acids is 1. The van der Waals surface area contributed by atoms with E-state index in [-0.39, 0.29) is 11.2 Å². The third kappa shape index (κ3) is 4.76. The molecule has 0 spiro atoms. The second-order valence-electron chi connectivity index (χ2n) is 5.21. The van der Waals surface area contributed by atoms with Gasteiger partial charge < -0.3 is 5.32 Å². The van der Waals surface area contributed by atoms with Crippen LogP contribution in [0.25, 0.3) is 0 Å². The Morgan fingerprint density at radius 1 is 1.12 bits per heavy atom. The number of nitrogens with one attached hydrogen (secondary N) is 1. The average molecular weight is 413 g/mol. The Balaban J connectivity index is 1.68. The molecule has 0 radical (unpaired) electrons. The largest absolute Gasteiger partial charge is 0.303 e. The maximum absolute atomic E-state index is 12.1. The Labute approximate surface area is 164 Å². The summed E-state index contributed by atoms with van der Waals surface area (Å²) in [6.07, 6.45) is 2.01. The molecule has 0 aromatic heterocycles. The average Bonchev–Trinajstić information content (AvgIpc) is 2.92. The van der Waals surface area contributed by atoms with Gasteiger partial charge in [0.1, 0.15) is 0 Å². The summed E-state index contributed by atoms with van der Waals surface area (Å²) in [4.78, 5) is 12.1. The van der Waals surface area contributed by atoms with Crippen LogP contribution in [0.15, 0.2) is 52.7 Å². The van der Waals surface area contributed by atoms with Crippen LogP contribution in [0.2, 0.25) is 15.1 Å². The lowest BCUT2D eigenvalue weighted by Crippen LogP contribution is -2.26. The van der Waals surface area contributed by atoms with E-state index < -0.39 is 0 Å². The number of nitrogens with zero attached hydrogens (tertiary/aromatic N) is 2. The van der Waals surface area contributed by atoms with Crippen molar-refractivity contribution in [1.29, 1.82) is 0 Å². The second kappa shape index (κ2) is 8.23. The van der Waals surface area contributed by atoms with Crippen molar-refractivity contribution in [1.82, 2.24) is 5.32 Å². The van der Waals surface area contributed by atoms with Crippen molar-refractivity contribution in [2.45, 2.75) is 11.7 Å². The van der Waals surface area contributed by atoms with Gasteiger partial charge in [-0.05, 0) is 36.2 Å². The molecular weight excluding hydrogens is 401 g/mol. The normalized spacial score (nSPS) is 18.9. The van der Waals surface area contributed by atoms with Gasteiger partial charge in [-0.25, -0.2) is 0 Å². The summed E-state index contributed by atoms with van der Waals surface area (Å²) in [6, 6.07) is 12.5. The number of hydrogen-bond acceptors (Lipinski definition) is 4. The lowest BCUT2D eigenvalue weighted by atomic mass is 10.1. The third-order valence-corrected chi connectivity index (χ3v) is 5.46. The van der Waals surface area contributed by atoms with Gasteiger partial charge in [-0.15, -0.1) is 5.10 Å². The third-order valence-electron chi connectivity index (χ3n) is 3.44. The molecule has 1 heterocycles. The van der Waals surface area contributed by atoms with Crippen molar-refractivity contribution >= 4 is 63.9 Å². The van der Waals surface area contributed by atoms with Gasteiger partial charge in [0, 0.05) is 20.6 Å². The van der Waals surface area contributed by atoms with Gasteiger partial charge in [0.25, 0.3) is 0 Å². The van der Waals surface area contributed by atoms with Crippen molar-refractivity contribution in [3.63, 3.8) is 0 Å². The summed E-state index contributed by atoms with van der Waals surface area (Å²) in [6.45, 7) is 0. The van der Waals surface area contributed by atoms with Crippen LogP contribution in [0, 0.1) is 0 Å². The number of carbonyl (C=O) groups is 1. The second-order valence-corrected chi connectivity index (χ2v) is 7.65. The van der Waals surface area contributed by atoms with Gasteiger partial charge in [0.05, 0.1) is 11.5 Å². The molecule has 8 heteroatoms. The van der Waals surface area contributed by atoms with Crippen molar-refractivity contribution in [3.05, 3.63) is 68.7 Å². The number of rotatable bonds is 4. The number of hydrogen-bond donors (Lipinski definition) is 1. The zero-order valence-electron chi connectivity index (χ0n) is 12.7. The molecule has 1 atom stereocenters. The zero-order valence-corrected chi connectivity index (χ0v) is 15.8. The molecule has 1 fully saturated rings. The van der Waals surface area contributed by atoms with Gasteiger partial charge in [0.2, 0.25) is 5.91 Å². The minimum Gasteiger partial charge on any atom is -0.303 e. The Morgan fingerprint density at radius 2 is 1.92 bits per heavy atom. The summed E-state index contributed by atoms with van der Waals surface area (Å²) in [5, 5.41) is 12.6. The fourth-order valence-corrected chi connectivity index (χ4v) is 3.74. The maximum Gasteiger partial charge on any atom is 0.239 e. The highest BCUT2D eigenvalue weighted by Crippen LogP contribution is 2.28. The summed E-state index contributed by atoms with van der Waals surface area (Å²) >= 11 is 19.5. The van der Waals surface area contributed by atoms with Gasteiger partial charge in [-0.3, -0.25) is 4.79 Å². The maximum atomic E-state index is 12.1. The van der Waals surface area contributed by atoms with Crippen LogP contribution in [0.3, 0.4) is 0 Å². The fourth-order valence-electron chi connectivity index (χ4n) is 2.21. The first kappa shape index (κ1) is 18.3. The summed E-state index contributed by atoms with van der Waals surface area (Å²) in [5.74, 6) is -0.132. The molecule has 1 N–H and O–H groups in total. The summed E-state index contributed by atoms with van der Waals surface area (Å²) < 4.78 is 0. The minimum atomic E-state index is -0.328. The van der Waals surface area contributed by atoms with Crippen LogP contribution in [0.5, 0.6) is 0 Å². The van der Waals surface area contributed by atoms with E-state index in [9.17, 15) is 4.79 Å². The topological polar surface area (TPSA) is 53.8 Å². The predicted octanol–water partition coefficient (Wildman–Crippen LogP) is 4.81. The van der Waals surface area contributed by atoms with Crippen LogP contribution in [-0.4, -0.2) is 22.5 Å². The molecule has 4 nitrogen and oxygen atoms in total. The zero-order chi connectivity index (χ0) is 17.8. The number of benzene rings is 2. The first-order chi connectivity index (χ1) is 12.0. The smallest absolute Gasteiger partial charge is 0.239 e. The Hall–Kier alpha value is -1.53. The van der Waals surface area contributed by atoms with E-state index in [0.29, 0.717) is 26.7 Å². The molecule has 128 valence electrons. The molecule has 0 saturated carbocycles. The molecule has 0 aliphatic carbocycles. The van der Waals surface area contributed by atoms with E-state index in [2.05, 4.69) is 15.5 Å². The first-order valence-electron chi connectivity index (χ1n) is 7.30. The fraction of sp³-hybridized carbons (Fsp3) is 0.118. The Bertz CT molecular complexity index is 870. The molecule has 1 saturated heterocycles. The Kier molecular flexibility index (Phi) is 6.02. The summed E-state index contributed by atoms with van der Waals surface area (Å²) in [7, 11) is 0. The molecule has 2 aromatic rings. The van der Waals surface area contributed by atoms with Gasteiger partial charge in [0.15, 0.2) is 5.17 Å². The SMILES string of the molecule is O=C1NC(=NN=Cc2ccccc2Cl)SC1Cc1cc(Cl)ccc1Cl. The molecule has 25 heavy (non-hydrogen) atoms. The first-order valence-corrected chi connectivity index (χ1v) is 9.31. The predicted molar refractivity (Wildman–Crippen MR) is 106 cm³/mol.